The average Bonchev–Trinajstić information content (AvgIpc) is 2.17. The van der Waals surface area contributed by atoms with Crippen LogP contribution in [0.5, 0.6) is 0 Å². The Labute approximate surface area is 85.1 Å². The summed E-state index contributed by atoms with van der Waals surface area (Å²) in [6.07, 6.45) is 1.35. The van der Waals surface area contributed by atoms with Crippen molar-refractivity contribution in [2.45, 2.75) is 13.3 Å². The highest BCUT2D eigenvalue weighted by Gasteiger charge is 2.15. The first-order chi connectivity index (χ1) is 6.72. The second kappa shape index (κ2) is 5.74. The minimum atomic E-state index is -1.49. The van der Waals surface area contributed by atoms with Crippen molar-refractivity contribution in [1.82, 2.24) is 0 Å². The fourth-order valence-corrected chi connectivity index (χ4v) is 1.97. The van der Waals surface area contributed by atoms with Gasteiger partial charge in [-0.1, -0.05) is 12.1 Å². The average molecular weight is 212 g/mol. The number of aryl methyl sites for hydroxylation is 1. The number of nitrogens with two attached hydrogens (primary N) is 1. The lowest BCUT2D eigenvalue weighted by atomic mass is 10.2. The van der Waals surface area contributed by atoms with E-state index >= 15 is 0 Å². The zero-order chi connectivity index (χ0) is 10.4. The topological polar surface area (TPSA) is 52.3 Å². The highest BCUT2D eigenvalue weighted by Crippen LogP contribution is 2.23. The maximum Gasteiger partial charge on any atom is 0.508 e. The highest BCUT2D eigenvalue weighted by molar-refractivity contribution is 7.39. The van der Waals surface area contributed by atoms with Crippen LogP contribution >= 0.6 is 8.03 Å². The largest absolute Gasteiger partial charge is 0.508 e. The quantitative estimate of drug-likeness (QED) is 0.602. The zero-order valence-electron chi connectivity index (χ0n) is 8.27. The normalized spacial score (nSPS) is 11.4. The molecule has 1 atom stereocenters. The van der Waals surface area contributed by atoms with Crippen LogP contribution in [0, 0.1) is 0 Å². The Balaban J connectivity index is 2.38. The van der Waals surface area contributed by atoms with Gasteiger partial charge in [-0.15, -0.1) is 4.52 Å². The van der Waals surface area contributed by atoms with Crippen molar-refractivity contribution in [3.05, 3.63) is 29.8 Å². The molecule has 1 aromatic rings. The van der Waals surface area contributed by atoms with Crippen LogP contribution in [0.1, 0.15) is 12.5 Å². The summed E-state index contributed by atoms with van der Waals surface area (Å²) in [7, 11) is -1.49. The van der Waals surface area contributed by atoms with Crippen molar-refractivity contribution in [2.75, 3.05) is 18.5 Å². The SMILES string of the molecule is CCO[P+](=O)CCc1ccc(N)cc1. The van der Waals surface area contributed by atoms with Crippen molar-refractivity contribution >= 4 is 13.7 Å². The lowest BCUT2D eigenvalue weighted by Gasteiger charge is -1.96. The van der Waals surface area contributed by atoms with Crippen molar-refractivity contribution in [3.8, 4) is 0 Å². The van der Waals surface area contributed by atoms with E-state index in [2.05, 4.69) is 0 Å². The van der Waals surface area contributed by atoms with Crippen LogP contribution in [0.3, 0.4) is 0 Å². The molecule has 14 heavy (non-hydrogen) atoms. The summed E-state index contributed by atoms with van der Waals surface area (Å²) in [6.45, 7) is 2.35. The molecule has 0 radical (unpaired) electrons. The van der Waals surface area contributed by atoms with Crippen molar-refractivity contribution in [3.63, 3.8) is 0 Å². The van der Waals surface area contributed by atoms with Gasteiger partial charge in [0.2, 0.25) is 0 Å². The van der Waals surface area contributed by atoms with E-state index < -0.39 is 8.03 Å². The van der Waals surface area contributed by atoms with Gasteiger partial charge in [0, 0.05) is 12.1 Å². The van der Waals surface area contributed by atoms with Crippen LogP contribution in [0.25, 0.3) is 0 Å². The highest BCUT2D eigenvalue weighted by atomic mass is 31.1. The summed E-state index contributed by atoms with van der Waals surface area (Å²) in [5, 5.41) is 0. The predicted octanol–water partition coefficient (Wildman–Crippen LogP) is 2.59. The number of benzene rings is 1. The molecule has 1 rings (SSSR count). The Bertz CT molecular complexity index is 297. The number of nitrogen functional groups attached to an aromatic ring is 1. The summed E-state index contributed by atoms with van der Waals surface area (Å²) >= 11 is 0. The van der Waals surface area contributed by atoms with Gasteiger partial charge in [-0.25, -0.2) is 0 Å². The van der Waals surface area contributed by atoms with Gasteiger partial charge >= 0.3 is 8.03 Å². The summed E-state index contributed by atoms with van der Waals surface area (Å²) in [4.78, 5) is 0. The lowest BCUT2D eigenvalue weighted by Crippen LogP contribution is -1.91. The molecular weight excluding hydrogens is 197 g/mol. The fraction of sp³-hybridized carbons (Fsp3) is 0.400. The monoisotopic (exact) mass is 212 g/mol. The molecule has 0 saturated heterocycles. The van der Waals surface area contributed by atoms with Gasteiger partial charge in [0.25, 0.3) is 0 Å². The summed E-state index contributed by atoms with van der Waals surface area (Å²) < 4.78 is 16.2. The molecule has 1 unspecified atom stereocenters. The van der Waals surface area contributed by atoms with Crippen LogP contribution in [0.2, 0.25) is 0 Å². The maximum absolute atomic E-state index is 11.2. The first-order valence-corrected chi connectivity index (χ1v) is 6.00. The second-order valence-corrected chi connectivity index (χ2v) is 4.34. The molecule has 0 aliphatic carbocycles. The Kier molecular flexibility index (Phi) is 4.57. The van der Waals surface area contributed by atoms with Gasteiger partial charge in [-0.05, 0) is 29.2 Å². The van der Waals surface area contributed by atoms with E-state index in [9.17, 15) is 4.57 Å². The van der Waals surface area contributed by atoms with Gasteiger partial charge in [0.05, 0.1) is 6.61 Å². The molecule has 0 saturated carbocycles. The number of hydrogen-bond donors (Lipinski definition) is 1. The van der Waals surface area contributed by atoms with E-state index in [1.807, 2.05) is 31.2 Å². The van der Waals surface area contributed by atoms with Gasteiger partial charge < -0.3 is 5.73 Å². The number of anilines is 1. The minimum absolute atomic E-state index is 0.511. The molecule has 0 heterocycles. The van der Waals surface area contributed by atoms with Gasteiger partial charge in [-0.2, -0.15) is 0 Å². The Hall–Kier alpha value is -0.920. The molecule has 3 nitrogen and oxygen atoms in total. The lowest BCUT2D eigenvalue weighted by molar-refractivity contribution is 0.350. The predicted molar refractivity (Wildman–Crippen MR) is 58.7 cm³/mol. The molecule has 0 fully saturated rings. The second-order valence-electron chi connectivity index (χ2n) is 2.97. The first-order valence-electron chi connectivity index (χ1n) is 4.64. The molecule has 0 aromatic heterocycles. The zero-order valence-corrected chi connectivity index (χ0v) is 9.17. The van der Waals surface area contributed by atoms with Crippen molar-refractivity contribution in [2.24, 2.45) is 0 Å². The van der Waals surface area contributed by atoms with Gasteiger partial charge in [0.15, 0.2) is 6.16 Å². The molecule has 0 spiro atoms. The van der Waals surface area contributed by atoms with Crippen LogP contribution in [-0.2, 0) is 15.5 Å². The van der Waals surface area contributed by atoms with Crippen molar-refractivity contribution in [1.29, 1.82) is 0 Å². The molecule has 76 valence electrons. The molecule has 0 aliphatic heterocycles. The van der Waals surface area contributed by atoms with E-state index in [1.165, 1.54) is 0 Å². The summed E-state index contributed by atoms with van der Waals surface area (Å²) in [5.74, 6) is 0. The van der Waals surface area contributed by atoms with E-state index in [0.717, 1.165) is 17.7 Å². The molecule has 0 bridgehead atoms. The number of hydrogen-bond acceptors (Lipinski definition) is 3. The van der Waals surface area contributed by atoms with E-state index in [-0.39, 0.29) is 0 Å². The maximum atomic E-state index is 11.2. The third-order valence-electron chi connectivity index (χ3n) is 1.84. The Morgan fingerprint density at radius 1 is 1.36 bits per heavy atom. The molecule has 0 amide bonds. The molecule has 0 aliphatic rings. The minimum Gasteiger partial charge on any atom is -0.399 e. The van der Waals surface area contributed by atoms with Crippen molar-refractivity contribution < 1.29 is 9.09 Å². The molecule has 2 N–H and O–H groups in total. The van der Waals surface area contributed by atoms with Crippen LogP contribution in [0.15, 0.2) is 24.3 Å². The van der Waals surface area contributed by atoms with Gasteiger partial charge in [0.1, 0.15) is 0 Å². The smallest absolute Gasteiger partial charge is 0.399 e. The third-order valence-corrected chi connectivity index (χ3v) is 2.97. The fourth-order valence-electron chi connectivity index (χ4n) is 1.11. The first kappa shape index (κ1) is 11.2. The van der Waals surface area contributed by atoms with Crippen LogP contribution in [0.4, 0.5) is 5.69 Å². The van der Waals surface area contributed by atoms with E-state index in [1.54, 1.807) is 0 Å². The molecular formula is C10H15NO2P+. The molecule has 4 heteroatoms. The summed E-state index contributed by atoms with van der Waals surface area (Å²) in [5.41, 5.74) is 7.44. The van der Waals surface area contributed by atoms with E-state index in [0.29, 0.717) is 12.8 Å². The Morgan fingerprint density at radius 3 is 2.57 bits per heavy atom. The summed E-state index contributed by atoms with van der Waals surface area (Å²) in [6, 6.07) is 7.60. The standard InChI is InChI=1S/C10H15NO2P/c1-2-13-14(12)8-7-9-3-5-10(11)6-4-9/h3-6H,2,7-8,11H2,1H3/q+1. The number of rotatable bonds is 5. The van der Waals surface area contributed by atoms with Crippen LogP contribution in [-0.4, -0.2) is 12.8 Å². The third kappa shape index (κ3) is 3.86. The van der Waals surface area contributed by atoms with E-state index in [4.69, 9.17) is 10.3 Å². The Morgan fingerprint density at radius 2 is 2.00 bits per heavy atom. The van der Waals surface area contributed by atoms with Crippen LogP contribution < -0.4 is 5.73 Å². The molecule has 1 aromatic carbocycles. The van der Waals surface area contributed by atoms with Gasteiger partial charge in [-0.3, -0.25) is 0 Å².